The van der Waals surface area contributed by atoms with Crippen LogP contribution in [-0.2, 0) is 20.1 Å². The third-order valence-corrected chi connectivity index (χ3v) is 1.33. The maximum atomic E-state index is 2.27. The van der Waals surface area contributed by atoms with E-state index in [9.17, 15) is 0 Å². The van der Waals surface area contributed by atoms with Gasteiger partial charge < -0.3 is 0 Å². The van der Waals surface area contributed by atoms with Gasteiger partial charge in [0.25, 0.3) is 0 Å². The van der Waals surface area contributed by atoms with Gasteiger partial charge in [0, 0.05) is 0 Å². The van der Waals surface area contributed by atoms with Crippen LogP contribution in [-0.4, -0.2) is 0 Å². The normalized spacial score (nSPS) is 24.9. The molecule has 0 aromatic carbocycles. The Hall–Kier alpha value is 0.129. The van der Waals surface area contributed by atoms with Gasteiger partial charge in [0.1, 0.15) is 0 Å². The van der Waals surface area contributed by atoms with E-state index in [1.54, 1.807) is 0 Å². The quantitative estimate of drug-likeness (QED) is 0.603. The molecule has 0 atom stereocenters. The van der Waals surface area contributed by atoms with Crippen LogP contribution in [0.2, 0.25) is 0 Å². The van der Waals surface area contributed by atoms with Crippen molar-refractivity contribution in [2.75, 3.05) is 0 Å². The van der Waals surface area contributed by atoms with Gasteiger partial charge in [-0.1, -0.05) is 24.3 Å². The van der Waals surface area contributed by atoms with Crippen LogP contribution < -0.4 is 0 Å². The molecule has 50 valence electrons. The van der Waals surface area contributed by atoms with Crippen molar-refractivity contribution in [3.63, 3.8) is 0 Å². The first-order chi connectivity index (χ1) is 4.00. The van der Waals surface area contributed by atoms with E-state index in [1.165, 1.54) is 25.7 Å². The molecular weight excluding hydrogens is 288 g/mol. The van der Waals surface area contributed by atoms with Crippen LogP contribution in [0.5, 0.6) is 0 Å². The standard InChI is InChI=1S/C8H12.Ir/c1-2-4-6-8-7-5-3-1;/h1-2,7-8H,3-6H2;/q;+3/b2-1-,8-7-;. The smallest absolute Gasteiger partial charge is 0.0882 e. The van der Waals surface area contributed by atoms with Gasteiger partial charge >= 0.3 is 20.1 Å². The van der Waals surface area contributed by atoms with Crippen molar-refractivity contribution in [2.45, 2.75) is 25.7 Å². The summed E-state index contributed by atoms with van der Waals surface area (Å²) < 4.78 is 0. The predicted molar refractivity (Wildman–Crippen MR) is 36.7 cm³/mol. The van der Waals surface area contributed by atoms with E-state index in [0.717, 1.165) is 0 Å². The molecule has 0 N–H and O–H groups in total. The number of rotatable bonds is 0. The Morgan fingerprint density at radius 1 is 0.556 bits per heavy atom. The van der Waals surface area contributed by atoms with Gasteiger partial charge in [0.05, 0.1) is 0 Å². The molecule has 0 fully saturated rings. The van der Waals surface area contributed by atoms with Crippen molar-refractivity contribution in [1.82, 2.24) is 0 Å². The van der Waals surface area contributed by atoms with Crippen LogP contribution in [0, 0.1) is 0 Å². The second kappa shape index (κ2) is 6.25. The van der Waals surface area contributed by atoms with Gasteiger partial charge in [0.2, 0.25) is 0 Å². The van der Waals surface area contributed by atoms with Crippen LogP contribution >= 0.6 is 0 Å². The monoisotopic (exact) mass is 301 g/mol. The summed E-state index contributed by atoms with van der Waals surface area (Å²) in [5, 5.41) is 0. The molecule has 1 aliphatic rings. The molecule has 0 nitrogen and oxygen atoms in total. The molecule has 1 heteroatoms. The number of allylic oxidation sites excluding steroid dienone is 4. The van der Waals surface area contributed by atoms with Crippen molar-refractivity contribution in [2.24, 2.45) is 0 Å². The van der Waals surface area contributed by atoms with Crippen LogP contribution in [0.4, 0.5) is 0 Å². The summed E-state index contributed by atoms with van der Waals surface area (Å²) in [6.07, 6.45) is 14.0. The molecule has 0 aliphatic heterocycles. The molecule has 0 aromatic rings. The van der Waals surface area contributed by atoms with Crippen molar-refractivity contribution < 1.29 is 20.1 Å². The minimum atomic E-state index is 0. The average Bonchev–Trinajstić information content (AvgIpc) is 1.62. The zero-order valence-electron chi connectivity index (χ0n) is 5.47. The van der Waals surface area contributed by atoms with Gasteiger partial charge in [-0.3, -0.25) is 0 Å². The molecule has 0 saturated heterocycles. The average molecular weight is 300 g/mol. The van der Waals surface area contributed by atoms with E-state index < -0.39 is 0 Å². The zero-order valence-corrected chi connectivity index (χ0v) is 7.87. The molecule has 0 heterocycles. The van der Waals surface area contributed by atoms with E-state index in [0.29, 0.717) is 0 Å². The van der Waals surface area contributed by atoms with Crippen LogP contribution in [0.1, 0.15) is 25.7 Å². The Kier molecular flexibility index (Phi) is 6.34. The third-order valence-electron chi connectivity index (χ3n) is 1.33. The molecule has 0 amide bonds. The minimum Gasteiger partial charge on any atom is -0.0882 e. The predicted octanol–water partition coefficient (Wildman–Crippen LogP) is 2.67. The summed E-state index contributed by atoms with van der Waals surface area (Å²) in [5.41, 5.74) is 0. The molecule has 0 aromatic heterocycles. The first kappa shape index (κ1) is 9.13. The van der Waals surface area contributed by atoms with E-state index in [-0.39, 0.29) is 20.1 Å². The number of hydrogen-bond acceptors (Lipinski definition) is 0. The Morgan fingerprint density at radius 3 is 1.00 bits per heavy atom. The fraction of sp³-hybridized carbons (Fsp3) is 0.500. The minimum absolute atomic E-state index is 0. The topological polar surface area (TPSA) is 0 Å². The fourth-order valence-electron chi connectivity index (χ4n) is 0.856. The summed E-state index contributed by atoms with van der Waals surface area (Å²) in [4.78, 5) is 0. The Bertz CT molecular complexity index is 77.1. The second-order valence-electron chi connectivity index (χ2n) is 2.10. The van der Waals surface area contributed by atoms with Gasteiger partial charge in [0.15, 0.2) is 0 Å². The van der Waals surface area contributed by atoms with E-state index >= 15 is 0 Å². The zero-order chi connectivity index (χ0) is 5.66. The maximum Gasteiger partial charge on any atom is 3.00 e. The van der Waals surface area contributed by atoms with Crippen molar-refractivity contribution >= 4 is 0 Å². The maximum absolute atomic E-state index is 2.27. The van der Waals surface area contributed by atoms with Crippen molar-refractivity contribution in [3.05, 3.63) is 24.3 Å². The van der Waals surface area contributed by atoms with Crippen molar-refractivity contribution in [1.29, 1.82) is 0 Å². The van der Waals surface area contributed by atoms with Gasteiger partial charge in [-0.2, -0.15) is 0 Å². The van der Waals surface area contributed by atoms with Crippen LogP contribution in [0.15, 0.2) is 24.3 Å². The molecule has 0 unspecified atom stereocenters. The van der Waals surface area contributed by atoms with Gasteiger partial charge in [-0.25, -0.2) is 0 Å². The fourth-order valence-corrected chi connectivity index (χ4v) is 0.856. The molecule has 0 spiro atoms. The number of hydrogen-bond donors (Lipinski definition) is 0. The summed E-state index contributed by atoms with van der Waals surface area (Å²) in [6.45, 7) is 0. The van der Waals surface area contributed by atoms with Crippen LogP contribution in [0.25, 0.3) is 0 Å². The van der Waals surface area contributed by atoms with E-state index in [2.05, 4.69) is 24.3 Å². The van der Waals surface area contributed by atoms with Gasteiger partial charge in [-0.05, 0) is 25.7 Å². The summed E-state index contributed by atoms with van der Waals surface area (Å²) in [6, 6.07) is 0. The summed E-state index contributed by atoms with van der Waals surface area (Å²) in [7, 11) is 0. The molecule has 0 saturated carbocycles. The first-order valence-corrected chi connectivity index (χ1v) is 3.30. The van der Waals surface area contributed by atoms with Crippen molar-refractivity contribution in [3.8, 4) is 0 Å². The molecule has 0 radical (unpaired) electrons. The Morgan fingerprint density at radius 2 is 0.778 bits per heavy atom. The van der Waals surface area contributed by atoms with Crippen LogP contribution in [0.3, 0.4) is 0 Å². The van der Waals surface area contributed by atoms with Gasteiger partial charge in [-0.15, -0.1) is 0 Å². The Balaban J connectivity index is 0.000000640. The molecule has 1 aliphatic carbocycles. The molecule has 9 heavy (non-hydrogen) atoms. The molecular formula is C8H12Ir+3. The Labute approximate surface area is 70.4 Å². The summed E-state index contributed by atoms with van der Waals surface area (Å²) >= 11 is 0. The van der Waals surface area contributed by atoms with E-state index in [1.807, 2.05) is 0 Å². The molecule has 0 bridgehead atoms. The van der Waals surface area contributed by atoms with E-state index in [4.69, 9.17) is 0 Å². The second-order valence-corrected chi connectivity index (χ2v) is 2.10. The molecule has 1 rings (SSSR count). The SMILES string of the molecule is C1=C\CC/C=C\CC/1.[Ir+3]. The summed E-state index contributed by atoms with van der Waals surface area (Å²) in [5.74, 6) is 0. The largest absolute Gasteiger partial charge is 3.00 e. The third kappa shape index (κ3) is 4.62. The first-order valence-electron chi connectivity index (χ1n) is 3.30.